The van der Waals surface area contributed by atoms with Crippen LogP contribution in [0.1, 0.15) is 73.8 Å². The molecule has 0 amide bonds. The molecular weight excluding hydrogens is 878 g/mol. The van der Waals surface area contributed by atoms with Crippen LogP contribution in [0.4, 0.5) is 0 Å². The van der Waals surface area contributed by atoms with Gasteiger partial charge in [0.05, 0.1) is 16.6 Å². The van der Waals surface area contributed by atoms with E-state index in [0.717, 1.165) is 66.8 Å². The van der Waals surface area contributed by atoms with Crippen molar-refractivity contribution in [3.05, 3.63) is 167 Å². The van der Waals surface area contributed by atoms with Crippen molar-refractivity contribution >= 4 is 11.0 Å². The number of hydrogen-bond donors (Lipinski definition) is 1. The van der Waals surface area contributed by atoms with Crippen molar-refractivity contribution in [2.24, 2.45) is 0 Å². The molecule has 8 aromatic rings. The van der Waals surface area contributed by atoms with Crippen LogP contribution in [0.15, 0.2) is 134 Å². The Kier molecular flexibility index (Phi) is 9.58. The summed E-state index contributed by atoms with van der Waals surface area (Å²) in [5.74, 6) is -0.0850. The first-order valence-corrected chi connectivity index (χ1v) is 19.0. The normalized spacial score (nSPS) is 13.0. The van der Waals surface area contributed by atoms with Gasteiger partial charge in [0.15, 0.2) is 0 Å². The molecule has 0 saturated carbocycles. The van der Waals surface area contributed by atoms with E-state index in [4.69, 9.17) is 15.5 Å². The van der Waals surface area contributed by atoms with Gasteiger partial charge in [0, 0.05) is 44.1 Å². The van der Waals surface area contributed by atoms with Gasteiger partial charge in [0.2, 0.25) is 0 Å². The van der Waals surface area contributed by atoms with E-state index in [0.29, 0.717) is 28.2 Å². The van der Waals surface area contributed by atoms with Crippen LogP contribution in [0.25, 0.3) is 72.7 Å². The van der Waals surface area contributed by atoms with Crippen LogP contribution in [0.5, 0.6) is 5.75 Å². The van der Waals surface area contributed by atoms with E-state index in [-0.39, 0.29) is 37.8 Å². The Morgan fingerprint density at radius 1 is 0.719 bits per heavy atom. The SMILES string of the molecule is [2H]C([2H])([2H])c1cc(-c2ccccc2)cc(-n2c(-c3cc(C)cc(C)c3O)nc3c(-c4[c-]c(-c5cc(-c6ccc(C([2H])(C)C)cc6)ccn5)cc(C(C)(C)C)c4)cccc32)c1.[Pt]. The molecule has 5 heteroatoms. The standard InChI is InChI=1S/C52H48N3O.Pt/c1-32(2)36-17-19-38(20-18-36)39-21-22-53-47(31-39)42-27-41(28-43(29-42)52(6,7)8)45-15-12-16-48-49(45)54-51(46-26-33(3)23-35(5)50(46)56)55(48)44-25-34(4)24-40(30-44)37-13-10-9-11-14-37;/h9-26,28-32,56H,1-8H3;/q-1;/i4D3,32D;. The van der Waals surface area contributed by atoms with E-state index in [1.807, 2.05) is 123 Å². The van der Waals surface area contributed by atoms with Gasteiger partial charge < -0.3 is 5.11 Å². The summed E-state index contributed by atoms with van der Waals surface area (Å²) in [6, 6.07) is 45.4. The molecule has 0 spiro atoms. The van der Waals surface area contributed by atoms with Gasteiger partial charge in [-0.1, -0.05) is 131 Å². The molecule has 2 aromatic heterocycles. The number of pyridine rings is 1. The molecule has 0 fully saturated rings. The topological polar surface area (TPSA) is 50.9 Å². The Hall–Kier alpha value is -5.57. The summed E-state index contributed by atoms with van der Waals surface area (Å²) >= 11 is 0. The summed E-state index contributed by atoms with van der Waals surface area (Å²) in [6.07, 6.45) is 1.83. The van der Waals surface area contributed by atoms with Crippen LogP contribution in [0.3, 0.4) is 0 Å². The van der Waals surface area contributed by atoms with Crippen molar-refractivity contribution in [2.75, 3.05) is 0 Å². The Labute approximate surface area is 357 Å². The van der Waals surface area contributed by atoms with Crippen molar-refractivity contribution in [1.82, 2.24) is 14.5 Å². The largest absolute Gasteiger partial charge is 0.507 e. The number of aromatic hydroxyl groups is 1. The summed E-state index contributed by atoms with van der Waals surface area (Å²) < 4.78 is 35.9. The predicted molar refractivity (Wildman–Crippen MR) is 234 cm³/mol. The van der Waals surface area contributed by atoms with Crippen molar-refractivity contribution in [1.29, 1.82) is 0 Å². The average Bonchev–Trinajstić information content (AvgIpc) is 3.61. The van der Waals surface area contributed by atoms with Crippen molar-refractivity contribution in [2.45, 2.75) is 66.6 Å². The summed E-state index contributed by atoms with van der Waals surface area (Å²) in [5.41, 5.74) is 13.3. The van der Waals surface area contributed by atoms with Crippen LogP contribution < -0.4 is 0 Å². The van der Waals surface area contributed by atoms with E-state index < -0.39 is 12.7 Å². The van der Waals surface area contributed by atoms with Gasteiger partial charge in [-0.15, -0.1) is 29.3 Å². The number of fused-ring (bicyclic) bond motifs is 1. The number of aryl methyl sites for hydroxylation is 3. The maximum Gasteiger partial charge on any atom is 0.148 e. The minimum Gasteiger partial charge on any atom is -0.507 e. The second-order valence-corrected chi connectivity index (χ2v) is 16.0. The van der Waals surface area contributed by atoms with Gasteiger partial charge in [-0.3, -0.25) is 9.55 Å². The van der Waals surface area contributed by atoms with Crippen molar-refractivity contribution < 1.29 is 31.7 Å². The van der Waals surface area contributed by atoms with Crippen molar-refractivity contribution in [3.63, 3.8) is 0 Å². The third kappa shape index (κ3) is 7.89. The zero-order valence-corrected chi connectivity index (χ0v) is 35.6. The molecule has 6 aromatic carbocycles. The van der Waals surface area contributed by atoms with E-state index in [2.05, 4.69) is 57.2 Å². The Morgan fingerprint density at radius 2 is 1.46 bits per heavy atom. The fourth-order valence-corrected chi connectivity index (χ4v) is 7.47. The van der Waals surface area contributed by atoms with Crippen LogP contribution in [0.2, 0.25) is 0 Å². The summed E-state index contributed by atoms with van der Waals surface area (Å²) in [6.45, 7) is 11.8. The van der Waals surface area contributed by atoms with E-state index >= 15 is 0 Å². The zero-order chi connectivity index (χ0) is 42.7. The second kappa shape index (κ2) is 15.8. The van der Waals surface area contributed by atoms with E-state index in [1.165, 1.54) is 0 Å². The molecule has 0 radical (unpaired) electrons. The molecule has 0 aliphatic rings. The minimum absolute atomic E-state index is 0. The zero-order valence-electron chi connectivity index (χ0n) is 37.3. The van der Waals surface area contributed by atoms with Crippen molar-refractivity contribution in [3.8, 4) is 67.5 Å². The van der Waals surface area contributed by atoms with Crippen LogP contribution in [-0.2, 0) is 26.5 Å². The maximum absolute atomic E-state index is 11.7. The molecule has 0 aliphatic heterocycles. The molecule has 2 heterocycles. The summed E-state index contributed by atoms with van der Waals surface area (Å²) in [4.78, 5) is 10.2. The molecule has 8 rings (SSSR count). The van der Waals surface area contributed by atoms with E-state index in [1.54, 1.807) is 12.1 Å². The van der Waals surface area contributed by atoms with Gasteiger partial charge in [0.1, 0.15) is 11.6 Å². The molecule has 0 saturated heterocycles. The number of imidazole rings is 1. The Morgan fingerprint density at radius 3 is 2.18 bits per heavy atom. The molecule has 288 valence electrons. The monoisotopic (exact) mass is 929 g/mol. The molecule has 0 aliphatic carbocycles. The number of nitrogens with zero attached hydrogens (tertiary/aromatic N) is 3. The van der Waals surface area contributed by atoms with Gasteiger partial charge in [-0.05, 0) is 107 Å². The first kappa shape index (κ1) is 34.7. The average molecular weight is 930 g/mol. The number of benzene rings is 6. The fourth-order valence-electron chi connectivity index (χ4n) is 7.47. The molecule has 0 atom stereocenters. The third-order valence-electron chi connectivity index (χ3n) is 10.5. The predicted octanol–water partition coefficient (Wildman–Crippen LogP) is 13.6. The first-order chi connectivity index (χ1) is 28.3. The van der Waals surface area contributed by atoms with E-state index in [9.17, 15) is 5.11 Å². The smallest absolute Gasteiger partial charge is 0.148 e. The van der Waals surface area contributed by atoms with Gasteiger partial charge in [-0.25, -0.2) is 4.98 Å². The quantitative estimate of drug-likeness (QED) is 0.162. The number of phenolic OH excluding ortho intramolecular Hbond substituents is 1. The first-order valence-electron chi connectivity index (χ1n) is 21.0. The number of aromatic nitrogens is 3. The summed E-state index contributed by atoms with van der Waals surface area (Å²) in [7, 11) is 0. The summed E-state index contributed by atoms with van der Waals surface area (Å²) in [5, 5.41) is 11.7. The second-order valence-electron chi connectivity index (χ2n) is 16.0. The molecule has 57 heavy (non-hydrogen) atoms. The molecule has 1 N–H and O–H groups in total. The van der Waals surface area contributed by atoms with Crippen LogP contribution in [0, 0.1) is 26.8 Å². The van der Waals surface area contributed by atoms with Gasteiger partial charge in [-0.2, -0.15) is 0 Å². The number of hydrogen-bond acceptors (Lipinski definition) is 3. The fraction of sp³-hybridized carbons (Fsp3) is 0.192. The molecule has 0 unspecified atom stereocenters. The minimum atomic E-state index is -2.38. The molecule has 0 bridgehead atoms. The Bertz CT molecular complexity index is 2900. The molecule has 4 nitrogen and oxygen atoms in total. The number of rotatable bonds is 7. The number of phenols is 1. The van der Waals surface area contributed by atoms with Crippen LogP contribution >= 0.6 is 0 Å². The van der Waals surface area contributed by atoms with Crippen LogP contribution in [-0.4, -0.2) is 19.6 Å². The number of para-hydroxylation sites is 1. The molecular formula is C52H48N3OPt-. The Balaban J connectivity index is 0.00000561. The maximum atomic E-state index is 11.7. The van der Waals surface area contributed by atoms with Gasteiger partial charge in [0.25, 0.3) is 0 Å². The van der Waals surface area contributed by atoms with Gasteiger partial charge >= 0.3 is 0 Å². The third-order valence-corrected chi connectivity index (χ3v) is 10.5.